The molecule has 134 valence electrons. The van der Waals surface area contributed by atoms with Crippen LogP contribution in [0, 0.1) is 17.0 Å². The monoisotopic (exact) mass is 347 g/mol. The fourth-order valence-electron chi connectivity index (χ4n) is 2.32. The molecule has 0 aliphatic heterocycles. The highest BCUT2D eigenvalue weighted by Gasteiger charge is 2.24. The van der Waals surface area contributed by atoms with E-state index in [1.807, 2.05) is 26.0 Å². The summed E-state index contributed by atoms with van der Waals surface area (Å²) in [6.07, 6.45) is 1.26. The van der Waals surface area contributed by atoms with Crippen LogP contribution in [0.1, 0.15) is 12.5 Å². The van der Waals surface area contributed by atoms with Crippen LogP contribution in [0.3, 0.4) is 0 Å². The normalized spacial score (nSPS) is 11.7. The smallest absolute Gasteiger partial charge is 0.353 e. The third-order valence-electron chi connectivity index (χ3n) is 3.41. The molecule has 25 heavy (non-hydrogen) atoms. The highest BCUT2D eigenvalue weighted by molar-refractivity contribution is 5.76. The molecule has 1 aromatic heterocycles. The van der Waals surface area contributed by atoms with Crippen LogP contribution in [0.15, 0.2) is 24.5 Å². The molecule has 2 N–H and O–H groups in total. The summed E-state index contributed by atoms with van der Waals surface area (Å²) in [7, 11) is 3.09. The van der Waals surface area contributed by atoms with Crippen molar-refractivity contribution in [3.05, 3.63) is 40.2 Å². The number of benzene rings is 1. The van der Waals surface area contributed by atoms with E-state index in [1.54, 1.807) is 13.2 Å². The molecular weight excluding hydrogens is 326 g/mol. The second kappa shape index (κ2) is 8.25. The van der Waals surface area contributed by atoms with E-state index in [0.29, 0.717) is 18.0 Å². The molecule has 0 aliphatic rings. The topological polar surface area (TPSA) is 111 Å². The number of hydrogen-bond acceptors (Lipinski definition) is 8. The molecule has 2 rings (SSSR count). The Balaban J connectivity index is 2.41. The first-order valence-electron chi connectivity index (χ1n) is 7.62. The highest BCUT2D eigenvalue weighted by atomic mass is 16.6. The lowest BCUT2D eigenvalue weighted by Crippen LogP contribution is -2.22. The van der Waals surface area contributed by atoms with Crippen molar-refractivity contribution in [1.29, 1.82) is 0 Å². The van der Waals surface area contributed by atoms with Gasteiger partial charge >= 0.3 is 5.69 Å². The van der Waals surface area contributed by atoms with Crippen LogP contribution < -0.4 is 15.4 Å². The minimum atomic E-state index is -0.521. The largest absolute Gasteiger partial charge is 0.495 e. The number of hydrogen-bond donors (Lipinski definition) is 2. The van der Waals surface area contributed by atoms with Crippen molar-refractivity contribution in [2.45, 2.75) is 19.9 Å². The van der Waals surface area contributed by atoms with Crippen LogP contribution in [-0.2, 0) is 4.74 Å². The Morgan fingerprint density at radius 3 is 2.64 bits per heavy atom. The predicted octanol–water partition coefficient (Wildman–Crippen LogP) is 2.89. The van der Waals surface area contributed by atoms with Gasteiger partial charge in [-0.05, 0) is 31.5 Å². The molecule has 0 bridgehead atoms. The molecule has 0 aliphatic carbocycles. The van der Waals surface area contributed by atoms with Crippen molar-refractivity contribution in [2.75, 3.05) is 31.5 Å². The van der Waals surface area contributed by atoms with E-state index in [4.69, 9.17) is 9.47 Å². The second-order valence-electron chi connectivity index (χ2n) is 5.51. The molecule has 0 fully saturated rings. The van der Waals surface area contributed by atoms with Gasteiger partial charge in [0, 0.05) is 13.2 Å². The summed E-state index contributed by atoms with van der Waals surface area (Å²) in [5.74, 6) is 0.760. The van der Waals surface area contributed by atoms with Gasteiger partial charge in [-0.2, -0.15) is 0 Å². The standard InChI is InChI=1S/C16H21N5O4/c1-10-5-6-13(25-4)12(7-10)20-16-14(21(22)23)15(17-9-18-16)19-11(2)8-24-3/h5-7,9,11H,8H2,1-4H3,(H2,17,18,19,20). The third kappa shape index (κ3) is 4.54. The molecule has 2 aromatic rings. The first-order valence-corrected chi connectivity index (χ1v) is 7.62. The summed E-state index contributed by atoms with van der Waals surface area (Å²) in [6.45, 7) is 4.14. The third-order valence-corrected chi connectivity index (χ3v) is 3.41. The van der Waals surface area contributed by atoms with Crippen molar-refractivity contribution in [3.63, 3.8) is 0 Å². The number of methoxy groups -OCH3 is 2. The van der Waals surface area contributed by atoms with Gasteiger partial charge < -0.3 is 20.1 Å². The Labute approximate surface area is 145 Å². The Kier molecular flexibility index (Phi) is 6.07. The zero-order chi connectivity index (χ0) is 18.4. The minimum absolute atomic E-state index is 0.0796. The maximum absolute atomic E-state index is 11.6. The van der Waals surface area contributed by atoms with Gasteiger partial charge in [-0.15, -0.1) is 0 Å². The van der Waals surface area contributed by atoms with E-state index in [1.165, 1.54) is 13.4 Å². The molecule has 1 unspecified atom stereocenters. The van der Waals surface area contributed by atoms with Crippen molar-refractivity contribution in [1.82, 2.24) is 9.97 Å². The van der Waals surface area contributed by atoms with Crippen LogP contribution in [0.25, 0.3) is 0 Å². The van der Waals surface area contributed by atoms with Gasteiger partial charge in [-0.1, -0.05) is 6.07 Å². The number of ether oxygens (including phenoxy) is 2. The zero-order valence-corrected chi connectivity index (χ0v) is 14.6. The summed E-state index contributed by atoms with van der Waals surface area (Å²) >= 11 is 0. The van der Waals surface area contributed by atoms with E-state index in [9.17, 15) is 10.1 Å². The van der Waals surface area contributed by atoms with Gasteiger partial charge in [-0.3, -0.25) is 10.1 Å². The van der Waals surface area contributed by atoms with E-state index >= 15 is 0 Å². The fourth-order valence-corrected chi connectivity index (χ4v) is 2.32. The Hall–Kier alpha value is -2.94. The van der Waals surface area contributed by atoms with Gasteiger partial charge in [0.1, 0.15) is 12.1 Å². The van der Waals surface area contributed by atoms with Crippen molar-refractivity contribution < 1.29 is 14.4 Å². The molecule has 9 heteroatoms. The molecule has 0 saturated carbocycles. The predicted molar refractivity (Wildman–Crippen MR) is 94.7 cm³/mol. The molecule has 1 atom stereocenters. The SMILES string of the molecule is COCC(C)Nc1ncnc(Nc2cc(C)ccc2OC)c1[N+](=O)[O-]. The summed E-state index contributed by atoms with van der Waals surface area (Å²) in [6, 6.07) is 5.34. The van der Waals surface area contributed by atoms with Crippen LogP contribution in [0.2, 0.25) is 0 Å². The van der Waals surface area contributed by atoms with E-state index < -0.39 is 4.92 Å². The quantitative estimate of drug-likeness (QED) is 0.554. The first-order chi connectivity index (χ1) is 12.0. The van der Waals surface area contributed by atoms with Crippen molar-refractivity contribution >= 4 is 23.0 Å². The van der Waals surface area contributed by atoms with Gasteiger partial charge in [0.15, 0.2) is 0 Å². The maximum atomic E-state index is 11.6. The molecular formula is C16H21N5O4. The number of nitro groups is 1. The van der Waals surface area contributed by atoms with Crippen molar-refractivity contribution in [3.8, 4) is 5.75 Å². The molecule has 0 spiro atoms. The molecule has 1 aromatic carbocycles. The first kappa shape index (κ1) is 18.4. The highest BCUT2D eigenvalue weighted by Crippen LogP contribution is 2.34. The van der Waals surface area contributed by atoms with Crippen LogP contribution in [-0.4, -0.2) is 41.8 Å². The molecule has 9 nitrogen and oxygen atoms in total. The summed E-state index contributed by atoms with van der Waals surface area (Å²) < 4.78 is 10.3. The van der Waals surface area contributed by atoms with E-state index in [2.05, 4.69) is 20.6 Å². The number of rotatable bonds is 8. The average molecular weight is 347 g/mol. The van der Waals surface area contributed by atoms with Gasteiger partial charge in [0.25, 0.3) is 0 Å². The van der Waals surface area contributed by atoms with Crippen molar-refractivity contribution in [2.24, 2.45) is 0 Å². The number of aromatic nitrogens is 2. The van der Waals surface area contributed by atoms with Gasteiger partial charge in [-0.25, -0.2) is 9.97 Å². The van der Waals surface area contributed by atoms with Gasteiger partial charge in [0.05, 0.1) is 24.3 Å². The number of aryl methyl sites for hydroxylation is 1. The summed E-state index contributed by atoms with van der Waals surface area (Å²) in [4.78, 5) is 19.1. The number of nitrogens with one attached hydrogen (secondary N) is 2. The zero-order valence-electron chi connectivity index (χ0n) is 14.6. The van der Waals surface area contributed by atoms with E-state index in [0.717, 1.165) is 5.56 Å². The van der Waals surface area contributed by atoms with Crippen LogP contribution >= 0.6 is 0 Å². The molecule has 0 radical (unpaired) electrons. The maximum Gasteiger partial charge on any atom is 0.353 e. The minimum Gasteiger partial charge on any atom is -0.495 e. The lowest BCUT2D eigenvalue weighted by molar-refractivity contribution is -0.383. The summed E-state index contributed by atoms with van der Waals surface area (Å²) in [5.41, 5.74) is 1.32. The van der Waals surface area contributed by atoms with Gasteiger partial charge in [0.2, 0.25) is 11.6 Å². The van der Waals surface area contributed by atoms with Crippen LogP contribution in [0.5, 0.6) is 5.75 Å². The number of nitrogens with zero attached hydrogens (tertiary/aromatic N) is 3. The Bertz CT molecular complexity index is 753. The second-order valence-corrected chi connectivity index (χ2v) is 5.51. The van der Waals surface area contributed by atoms with Crippen LogP contribution in [0.4, 0.5) is 23.0 Å². The Morgan fingerprint density at radius 2 is 2.00 bits per heavy atom. The fraction of sp³-hybridized carbons (Fsp3) is 0.375. The van der Waals surface area contributed by atoms with E-state index in [-0.39, 0.29) is 23.4 Å². The lowest BCUT2D eigenvalue weighted by Gasteiger charge is -2.15. The molecule has 1 heterocycles. The number of anilines is 3. The Morgan fingerprint density at radius 1 is 1.28 bits per heavy atom. The average Bonchev–Trinajstić information content (AvgIpc) is 2.55. The molecule has 0 saturated heterocycles. The lowest BCUT2D eigenvalue weighted by atomic mass is 10.2. The molecule has 0 amide bonds. The summed E-state index contributed by atoms with van der Waals surface area (Å²) in [5, 5.41) is 17.5.